The Labute approximate surface area is 235 Å². The third kappa shape index (κ3) is 6.05. The lowest BCUT2D eigenvalue weighted by Gasteiger charge is -2.20. The Balaban J connectivity index is 1.42. The molecule has 3 aromatic carbocycles. The number of ether oxygens (including phenoxy) is 2. The predicted octanol–water partition coefficient (Wildman–Crippen LogP) is 6.89. The van der Waals surface area contributed by atoms with E-state index in [0.717, 1.165) is 38.2 Å². The summed E-state index contributed by atoms with van der Waals surface area (Å²) in [5.41, 5.74) is 0.691. The van der Waals surface area contributed by atoms with Gasteiger partial charge in [0, 0.05) is 17.7 Å². The van der Waals surface area contributed by atoms with Crippen LogP contribution in [-0.4, -0.2) is 44.1 Å². The first-order valence-electron chi connectivity index (χ1n) is 13.2. The Morgan fingerprint density at radius 3 is 2.44 bits per heavy atom. The van der Waals surface area contributed by atoms with E-state index < -0.39 is 23.3 Å². The van der Waals surface area contributed by atoms with Crippen LogP contribution >= 0.6 is 0 Å². The molecule has 0 saturated carbocycles. The first-order valence-corrected chi connectivity index (χ1v) is 13.2. The van der Waals surface area contributed by atoms with Gasteiger partial charge in [-0.1, -0.05) is 6.07 Å². The van der Waals surface area contributed by atoms with E-state index in [-0.39, 0.29) is 23.0 Å². The van der Waals surface area contributed by atoms with Gasteiger partial charge in [0.2, 0.25) is 0 Å². The second-order valence-corrected chi connectivity index (χ2v) is 9.91. The maximum atomic E-state index is 14.2. The van der Waals surface area contributed by atoms with Gasteiger partial charge < -0.3 is 19.3 Å². The number of anilines is 1. The average Bonchev–Trinajstić information content (AvgIpc) is 3.56. The van der Waals surface area contributed by atoms with Crippen LogP contribution in [0.1, 0.15) is 41.5 Å². The number of likely N-dealkylation sites (tertiary alicyclic amines) is 1. The van der Waals surface area contributed by atoms with Crippen molar-refractivity contribution in [2.75, 3.05) is 38.2 Å². The number of rotatable bonds is 8. The van der Waals surface area contributed by atoms with Crippen LogP contribution in [-0.2, 0) is 11.0 Å². The largest absolute Gasteiger partial charge is 0.493 e. The summed E-state index contributed by atoms with van der Waals surface area (Å²) in [6, 6.07) is 13.5. The zero-order valence-corrected chi connectivity index (χ0v) is 22.3. The summed E-state index contributed by atoms with van der Waals surface area (Å²) in [4.78, 5) is 17.5. The molecule has 41 heavy (non-hydrogen) atoms. The van der Waals surface area contributed by atoms with E-state index in [9.17, 15) is 22.4 Å². The van der Waals surface area contributed by atoms with Gasteiger partial charge in [0.05, 0.1) is 30.0 Å². The van der Waals surface area contributed by atoms with Crippen molar-refractivity contribution in [3.63, 3.8) is 0 Å². The van der Waals surface area contributed by atoms with E-state index in [4.69, 9.17) is 14.7 Å². The third-order valence-electron chi connectivity index (χ3n) is 7.20. The second-order valence-electron chi connectivity index (χ2n) is 9.91. The summed E-state index contributed by atoms with van der Waals surface area (Å²) in [5, 5.41) is 9.00. The first kappa shape index (κ1) is 28.2. The van der Waals surface area contributed by atoms with Crippen LogP contribution in [0.5, 0.6) is 17.2 Å². The van der Waals surface area contributed by atoms with Crippen molar-refractivity contribution in [3.8, 4) is 23.3 Å². The number of amides is 1. The highest BCUT2D eigenvalue weighted by Gasteiger charge is 2.35. The number of carbonyl (C=O) groups is 1. The molecule has 10 heteroatoms. The van der Waals surface area contributed by atoms with Crippen molar-refractivity contribution < 1.29 is 31.8 Å². The molecule has 212 valence electrons. The van der Waals surface area contributed by atoms with E-state index >= 15 is 0 Å². The van der Waals surface area contributed by atoms with Crippen molar-refractivity contribution in [3.05, 3.63) is 82.7 Å². The van der Waals surface area contributed by atoms with Gasteiger partial charge >= 0.3 is 6.18 Å². The minimum Gasteiger partial charge on any atom is -0.493 e. The third-order valence-corrected chi connectivity index (χ3v) is 7.20. The summed E-state index contributed by atoms with van der Waals surface area (Å²) in [7, 11) is 1.34. The summed E-state index contributed by atoms with van der Waals surface area (Å²) < 4.78 is 66.1. The number of halogens is 4. The summed E-state index contributed by atoms with van der Waals surface area (Å²) in [6.07, 6.45) is 0.0105. The fourth-order valence-corrected chi connectivity index (χ4v) is 5.20. The number of alkyl halides is 3. The number of nitriles is 1. The number of carbonyl (C=O) groups excluding carboxylic acids is 1. The maximum Gasteiger partial charge on any atom is 0.420 e. The summed E-state index contributed by atoms with van der Waals surface area (Å²) in [6.45, 7) is 3.50. The summed E-state index contributed by atoms with van der Waals surface area (Å²) >= 11 is 0. The van der Waals surface area contributed by atoms with Crippen LogP contribution in [0, 0.1) is 17.1 Å². The van der Waals surface area contributed by atoms with Crippen LogP contribution in [0.3, 0.4) is 0 Å². The molecule has 0 bridgehead atoms. The van der Waals surface area contributed by atoms with E-state index in [1.165, 1.54) is 50.3 Å². The molecule has 2 heterocycles. The summed E-state index contributed by atoms with van der Waals surface area (Å²) in [5.74, 6) is -1.06. The van der Waals surface area contributed by atoms with Crippen LogP contribution in [0.4, 0.5) is 23.2 Å². The molecule has 1 fully saturated rings. The number of benzene rings is 3. The van der Waals surface area contributed by atoms with Crippen LogP contribution in [0.2, 0.25) is 0 Å². The average molecular weight is 566 g/mol. The highest BCUT2D eigenvalue weighted by Crippen LogP contribution is 2.42. The Hall–Kier alpha value is -4.36. The topological polar surface area (TPSA) is 65.8 Å². The van der Waals surface area contributed by atoms with Gasteiger partial charge in [0.15, 0.2) is 11.5 Å². The molecule has 0 aromatic heterocycles. The van der Waals surface area contributed by atoms with Gasteiger partial charge in [0.25, 0.3) is 5.91 Å². The number of nitrogens with zero attached hydrogens (tertiary/aromatic N) is 3. The smallest absolute Gasteiger partial charge is 0.420 e. The standard InChI is InChI=1S/C31H27F4N3O3/c1-40-29-17-20(5-10-28(29)41-27-9-6-21(19-36)16-25(27)31(33,34)35)15-24-23-18-22(32)7-8-26(23)38(30(24)39)14-4-13-37-11-2-3-12-37/h5-10,15-18H,2-4,11-14H2,1H3. The minimum atomic E-state index is -4.74. The molecule has 0 atom stereocenters. The van der Waals surface area contributed by atoms with E-state index in [1.807, 2.05) is 0 Å². The number of fused-ring (bicyclic) bond motifs is 1. The van der Waals surface area contributed by atoms with Crippen LogP contribution < -0.4 is 14.4 Å². The fourth-order valence-electron chi connectivity index (χ4n) is 5.20. The van der Waals surface area contributed by atoms with Gasteiger partial charge in [-0.2, -0.15) is 18.4 Å². The highest BCUT2D eigenvalue weighted by molar-refractivity contribution is 6.35. The lowest BCUT2D eigenvalue weighted by molar-refractivity contribution is -0.138. The molecule has 1 amide bonds. The van der Waals surface area contributed by atoms with Gasteiger partial charge in [-0.15, -0.1) is 0 Å². The molecule has 6 nitrogen and oxygen atoms in total. The molecular weight excluding hydrogens is 538 g/mol. The molecule has 3 aromatic rings. The Morgan fingerprint density at radius 1 is 0.976 bits per heavy atom. The van der Waals surface area contributed by atoms with Gasteiger partial charge in [-0.05, 0) is 99.1 Å². The lowest BCUT2D eigenvalue weighted by Crippen LogP contribution is -2.30. The molecule has 0 aliphatic carbocycles. The van der Waals surface area contributed by atoms with E-state index in [2.05, 4.69) is 4.90 Å². The first-order chi connectivity index (χ1) is 19.7. The zero-order chi connectivity index (χ0) is 29.1. The van der Waals surface area contributed by atoms with Gasteiger partial charge in [0.1, 0.15) is 11.6 Å². The van der Waals surface area contributed by atoms with Gasteiger partial charge in [-0.25, -0.2) is 4.39 Å². The number of hydrogen-bond donors (Lipinski definition) is 0. The SMILES string of the molecule is COc1cc(C=C2C(=O)N(CCCN3CCCC3)c3ccc(F)cc32)ccc1Oc1ccc(C#N)cc1C(F)(F)F. The maximum absolute atomic E-state index is 14.2. The highest BCUT2D eigenvalue weighted by atomic mass is 19.4. The van der Waals surface area contributed by atoms with Crippen molar-refractivity contribution in [1.29, 1.82) is 5.26 Å². The van der Waals surface area contributed by atoms with Crippen LogP contribution in [0.15, 0.2) is 54.6 Å². The Morgan fingerprint density at radius 2 is 1.73 bits per heavy atom. The van der Waals surface area contributed by atoms with Crippen molar-refractivity contribution in [2.45, 2.75) is 25.4 Å². The Kier molecular flexibility index (Phi) is 7.99. The predicted molar refractivity (Wildman–Crippen MR) is 146 cm³/mol. The molecule has 5 rings (SSSR count). The molecule has 0 N–H and O–H groups in total. The molecule has 2 aliphatic rings. The zero-order valence-electron chi connectivity index (χ0n) is 22.3. The Bertz CT molecular complexity index is 1540. The van der Waals surface area contributed by atoms with Crippen molar-refractivity contribution >= 4 is 23.2 Å². The lowest BCUT2D eigenvalue weighted by atomic mass is 10.0. The second kappa shape index (κ2) is 11.6. The molecule has 0 radical (unpaired) electrons. The van der Waals surface area contributed by atoms with E-state index in [1.54, 1.807) is 29.2 Å². The number of methoxy groups -OCH3 is 1. The van der Waals surface area contributed by atoms with Crippen molar-refractivity contribution in [1.82, 2.24) is 4.90 Å². The quantitative estimate of drug-likeness (QED) is 0.220. The fraction of sp³-hybridized carbons (Fsp3) is 0.290. The molecule has 2 aliphatic heterocycles. The number of hydrogen-bond acceptors (Lipinski definition) is 5. The van der Waals surface area contributed by atoms with Crippen molar-refractivity contribution in [2.24, 2.45) is 0 Å². The normalized spacial score (nSPS) is 16.2. The molecule has 1 saturated heterocycles. The minimum absolute atomic E-state index is 0.0117. The molecular formula is C31H27F4N3O3. The van der Waals surface area contributed by atoms with Crippen LogP contribution in [0.25, 0.3) is 11.6 Å². The van der Waals surface area contributed by atoms with Gasteiger partial charge in [-0.3, -0.25) is 4.79 Å². The van der Waals surface area contributed by atoms with E-state index in [0.29, 0.717) is 28.9 Å². The molecule has 0 unspecified atom stereocenters. The molecule has 0 spiro atoms. The monoisotopic (exact) mass is 565 g/mol.